The topological polar surface area (TPSA) is 91.2 Å². The first kappa shape index (κ1) is 17.7. The van der Waals surface area contributed by atoms with E-state index in [9.17, 15) is 4.79 Å². The molecule has 8 heteroatoms. The van der Waals surface area contributed by atoms with Gasteiger partial charge in [0.2, 0.25) is 5.95 Å². The molecule has 0 bridgehead atoms. The summed E-state index contributed by atoms with van der Waals surface area (Å²) in [6, 6.07) is 9.86. The Labute approximate surface area is 167 Å². The molecule has 8 nitrogen and oxygen atoms in total. The van der Waals surface area contributed by atoms with Gasteiger partial charge in [-0.25, -0.2) is 9.97 Å². The summed E-state index contributed by atoms with van der Waals surface area (Å²) in [6.45, 7) is 4.94. The van der Waals surface area contributed by atoms with Crippen molar-refractivity contribution in [3.8, 4) is 0 Å². The Morgan fingerprint density at radius 3 is 2.97 bits per heavy atom. The van der Waals surface area contributed by atoms with Crippen LogP contribution in [-0.4, -0.2) is 57.1 Å². The Balaban J connectivity index is 1.34. The third-order valence-electron chi connectivity index (χ3n) is 5.45. The van der Waals surface area contributed by atoms with Crippen LogP contribution in [0.2, 0.25) is 0 Å². The van der Waals surface area contributed by atoms with E-state index in [-0.39, 0.29) is 5.91 Å². The first-order chi connectivity index (χ1) is 14.2. The number of nitrogens with one attached hydrogen (secondary N) is 1. The molecule has 0 atom stereocenters. The number of benzene rings is 1. The van der Waals surface area contributed by atoms with E-state index in [1.54, 1.807) is 6.20 Å². The Kier molecular flexibility index (Phi) is 4.38. The van der Waals surface area contributed by atoms with E-state index in [1.807, 2.05) is 42.2 Å². The van der Waals surface area contributed by atoms with Crippen LogP contribution in [0, 0.1) is 0 Å². The van der Waals surface area contributed by atoms with Crippen LogP contribution in [0.25, 0.3) is 22.1 Å². The number of nitrogens with zero attached hydrogens (tertiary/aromatic N) is 5. The molecule has 1 N–H and O–H groups in total. The maximum absolute atomic E-state index is 13.1. The zero-order chi connectivity index (χ0) is 19.8. The standard InChI is InChI=1S/C21H22N6O2/c1-2-16-15-12-14(13-22-19(15)29-25-16)20(28)26-8-5-9-27(11-10-26)21-23-17-6-3-4-7-18(17)24-21/h3-4,6-7,12-13H,2,5,8-11H2,1H3,(H,23,24). The molecule has 0 unspecified atom stereocenters. The van der Waals surface area contributed by atoms with Crippen LogP contribution < -0.4 is 4.90 Å². The molecule has 1 amide bonds. The van der Waals surface area contributed by atoms with Crippen molar-refractivity contribution in [2.24, 2.45) is 0 Å². The van der Waals surface area contributed by atoms with Gasteiger partial charge in [0.05, 0.1) is 27.7 Å². The number of aryl methyl sites for hydroxylation is 1. The molecule has 29 heavy (non-hydrogen) atoms. The third kappa shape index (κ3) is 3.20. The zero-order valence-corrected chi connectivity index (χ0v) is 16.3. The van der Waals surface area contributed by atoms with E-state index in [2.05, 4.69) is 20.0 Å². The average Bonchev–Trinajstić information content (AvgIpc) is 3.29. The second-order valence-electron chi connectivity index (χ2n) is 7.27. The Morgan fingerprint density at radius 2 is 2.10 bits per heavy atom. The van der Waals surface area contributed by atoms with Gasteiger partial charge in [-0.1, -0.05) is 24.2 Å². The summed E-state index contributed by atoms with van der Waals surface area (Å²) in [6.07, 6.45) is 3.20. The Hall–Kier alpha value is -3.42. The van der Waals surface area contributed by atoms with Gasteiger partial charge in [-0.3, -0.25) is 4.79 Å². The van der Waals surface area contributed by atoms with Crippen LogP contribution in [0.15, 0.2) is 41.1 Å². The van der Waals surface area contributed by atoms with Crippen LogP contribution in [0.5, 0.6) is 0 Å². The minimum Gasteiger partial charge on any atom is -0.341 e. The predicted molar refractivity (Wildman–Crippen MR) is 110 cm³/mol. The van der Waals surface area contributed by atoms with Crippen LogP contribution in [0.3, 0.4) is 0 Å². The number of hydrogen-bond donors (Lipinski definition) is 1. The van der Waals surface area contributed by atoms with Crippen molar-refractivity contribution in [3.05, 3.63) is 47.8 Å². The summed E-state index contributed by atoms with van der Waals surface area (Å²) in [5, 5.41) is 4.84. The van der Waals surface area contributed by atoms with Crippen LogP contribution in [0.4, 0.5) is 5.95 Å². The molecule has 148 valence electrons. The highest BCUT2D eigenvalue weighted by molar-refractivity contribution is 5.97. The van der Waals surface area contributed by atoms with Gasteiger partial charge < -0.3 is 19.3 Å². The van der Waals surface area contributed by atoms with Gasteiger partial charge in [-0.15, -0.1) is 0 Å². The van der Waals surface area contributed by atoms with Crippen LogP contribution in [-0.2, 0) is 6.42 Å². The lowest BCUT2D eigenvalue weighted by Crippen LogP contribution is -2.35. The smallest absolute Gasteiger partial charge is 0.257 e. The molecular weight excluding hydrogens is 368 g/mol. The van der Waals surface area contributed by atoms with E-state index >= 15 is 0 Å². The highest BCUT2D eigenvalue weighted by Crippen LogP contribution is 2.21. The second-order valence-corrected chi connectivity index (χ2v) is 7.27. The summed E-state index contributed by atoms with van der Waals surface area (Å²) in [4.78, 5) is 29.5. The van der Waals surface area contributed by atoms with E-state index in [0.717, 1.165) is 54.0 Å². The summed E-state index contributed by atoms with van der Waals surface area (Å²) in [7, 11) is 0. The average molecular weight is 390 g/mol. The van der Waals surface area contributed by atoms with Crippen molar-refractivity contribution in [2.45, 2.75) is 19.8 Å². The number of fused-ring (bicyclic) bond motifs is 2. The molecule has 0 saturated carbocycles. The van der Waals surface area contributed by atoms with E-state index < -0.39 is 0 Å². The number of aromatic amines is 1. The van der Waals surface area contributed by atoms with Crippen molar-refractivity contribution in [1.82, 2.24) is 25.0 Å². The third-order valence-corrected chi connectivity index (χ3v) is 5.45. The van der Waals surface area contributed by atoms with Crippen LogP contribution >= 0.6 is 0 Å². The lowest BCUT2D eigenvalue weighted by Gasteiger charge is -2.21. The zero-order valence-electron chi connectivity index (χ0n) is 16.3. The Morgan fingerprint density at radius 1 is 1.21 bits per heavy atom. The maximum Gasteiger partial charge on any atom is 0.257 e. The molecule has 1 aliphatic heterocycles. The first-order valence-electron chi connectivity index (χ1n) is 9.96. The minimum atomic E-state index is -0.00545. The lowest BCUT2D eigenvalue weighted by molar-refractivity contribution is 0.0766. The minimum absolute atomic E-state index is 0.00545. The Bertz CT molecular complexity index is 1150. The number of para-hydroxylation sites is 2. The fraction of sp³-hybridized carbons (Fsp3) is 0.333. The number of aromatic nitrogens is 4. The fourth-order valence-corrected chi connectivity index (χ4v) is 3.86. The molecule has 0 aliphatic carbocycles. The molecule has 1 aliphatic rings. The van der Waals surface area contributed by atoms with Gasteiger partial charge >= 0.3 is 0 Å². The van der Waals surface area contributed by atoms with Gasteiger partial charge in [0.15, 0.2) is 0 Å². The molecule has 4 heterocycles. The van der Waals surface area contributed by atoms with Gasteiger partial charge in [-0.2, -0.15) is 0 Å². The summed E-state index contributed by atoms with van der Waals surface area (Å²) in [5.74, 6) is 0.856. The summed E-state index contributed by atoms with van der Waals surface area (Å²) >= 11 is 0. The van der Waals surface area contributed by atoms with Crippen molar-refractivity contribution in [3.63, 3.8) is 0 Å². The molecular formula is C21H22N6O2. The first-order valence-corrected chi connectivity index (χ1v) is 9.96. The van der Waals surface area contributed by atoms with E-state index in [1.165, 1.54) is 0 Å². The molecule has 0 radical (unpaired) electrons. The lowest BCUT2D eigenvalue weighted by atomic mass is 10.1. The second kappa shape index (κ2) is 7.20. The highest BCUT2D eigenvalue weighted by Gasteiger charge is 2.23. The van der Waals surface area contributed by atoms with Crippen molar-refractivity contribution in [2.75, 3.05) is 31.1 Å². The quantitative estimate of drug-likeness (QED) is 0.578. The molecule has 3 aromatic heterocycles. The number of anilines is 1. The van der Waals surface area contributed by atoms with Gasteiger partial charge in [0, 0.05) is 32.4 Å². The normalized spacial score (nSPS) is 15.2. The van der Waals surface area contributed by atoms with E-state index in [0.29, 0.717) is 24.4 Å². The number of carbonyl (C=O) groups is 1. The monoisotopic (exact) mass is 390 g/mol. The largest absolute Gasteiger partial charge is 0.341 e. The van der Waals surface area contributed by atoms with Crippen molar-refractivity contribution >= 4 is 34.0 Å². The highest BCUT2D eigenvalue weighted by atomic mass is 16.5. The summed E-state index contributed by atoms with van der Waals surface area (Å²) < 4.78 is 5.23. The van der Waals surface area contributed by atoms with Gasteiger partial charge in [0.1, 0.15) is 0 Å². The van der Waals surface area contributed by atoms with Gasteiger partial charge in [-0.05, 0) is 31.0 Å². The number of amides is 1. The molecule has 1 aromatic carbocycles. The molecule has 0 spiro atoms. The van der Waals surface area contributed by atoms with Crippen molar-refractivity contribution < 1.29 is 9.32 Å². The predicted octanol–water partition coefficient (Wildman–Crippen LogP) is 3.01. The molecule has 4 aromatic rings. The SMILES string of the molecule is CCc1noc2ncc(C(=O)N3CCCN(c4nc5ccccc5[nH]4)CC3)cc12. The number of pyridine rings is 1. The van der Waals surface area contributed by atoms with Crippen molar-refractivity contribution in [1.29, 1.82) is 0 Å². The fourth-order valence-electron chi connectivity index (χ4n) is 3.86. The van der Waals surface area contributed by atoms with Gasteiger partial charge in [0.25, 0.3) is 11.6 Å². The number of H-pyrrole nitrogens is 1. The number of imidazole rings is 1. The number of hydrogen-bond acceptors (Lipinski definition) is 6. The number of rotatable bonds is 3. The van der Waals surface area contributed by atoms with Crippen LogP contribution in [0.1, 0.15) is 29.4 Å². The molecule has 5 rings (SSSR count). The molecule has 1 fully saturated rings. The molecule has 1 saturated heterocycles. The van der Waals surface area contributed by atoms with E-state index in [4.69, 9.17) is 9.51 Å². The maximum atomic E-state index is 13.1. The number of carbonyl (C=O) groups excluding carboxylic acids is 1. The summed E-state index contributed by atoms with van der Waals surface area (Å²) in [5.41, 5.74) is 3.87.